The summed E-state index contributed by atoms with van der Waals surface area (Å²) >= 11 is 1.63. The van der Waals surface area contributed by atoms with Gasteiger partial charge in [-0.1, -0.05) is 19.9 Å². The van der Waals surface area contributed by atoms with Crippen molar-refractivity contribution in [3.8, 4) is 23.0 Å². The predicted octanol–water partition coefficient (Wildman–Crippen LogP) is 5.46. The lowest BCUT2D eigenvalue weighted by Gasteiger charge is -2.29. The predicted molar refractivity (Wildman–Crippen MR) is 158 cm³/mol. The number of methoxy groups -OCH3 is 4. The molecule has 0 unspecified atom stereocenters. The zero-order valence-electron chi connectivity index (χ0n) is 24.5. The Hall–Kier alpha value is -3.72. The summed E-state index contributed by atoms with van der Waals surface area (Å²) in [4.78, 5) is 32.1. The van der Waals surface area contributed by atoms with Crippen molar-refractivity contribution < 1.29 is 28.5 Å². The molecule has 0 saturated heterocycles. The minimum atomic E-state index is -0.256. The van der Waals surface area contributed by atoms with E-state index in [-0.39, 0.29) is 24.3 Å². The average molecular weight is 569 g/mol. The zero-order valence-corrected chi connectivity index (χ0v) is 25.3. The summed E-state index contributed by atoms with van der Waals surface area (Å²) in [7, 11) is 6.29. The van der Waals surface area contributed by atoms with Gasteiger partial charge in [-0.15, -0.1) is 11.3 Å². The van der Waals surface area contributed by atoms with Gasteiger partial charge in [-0.3, -0.25) is 9.59 Å². The Kier molecular flexibility index (Phi) is 11.3. The van der Waals surface area contributed by atoms with Gasteiger partial charge in [0.2, 0.25) is 5.91 Å². The molecule has 0 aliphatic heterocycles. The minimum absolute atomic E-state index is 0.0391. The largest absolute Gasteiger partial charge is 0.497 e. The Morgan fingerprint density at radius 3 is 2.17 bits per heavy atom. The fourth-order valence-corrected chi connectivity index (χ4v) is 5.32. The van der Waals surface area contributed by atoms with Crippen LogP contribution < -0.4 is 18.9 Å². The van der Waals surface area contributed by atoms with Crippen LogP contribution in [-0.2, 0) is 17.8 Å². The van der Waals surface area contributed by atoms with E-state index in [0.717, 1.165) is 16.0 Å². The Bertz CT molecular complexity index is 1290. The highest BCUT2D eigenvalue weighted by Crippen LogP contribution is 2.29. The first-order valence-electron chi connectivity index (χ1n) is 13.2. The van der Waals surface area contributed by atoms with E-state index >= 15 is 0 Å². The Morgan fingerprint density at radius 1 is 0.850 bits per heavy atom. The van der Waals surface area contributed by atoms with Gasteiger partial charge in [-0.05, 0) is 66.1 Å². The van der Waals surface area contributed by atoms with Crippen LogP contribution in [0, 0.1) is 12.8 Å². The molecule has 2 aromatic carbocycles. The van der Waals surface area contributed by atoms with E-state index in [2.05, 4.69) is 6.07 Å². The molecular formula is C31H40N2O6S. The summed E-state index contributed by atoms with van der Waals surface area (Å²) in [5, 5.41) is 2.03. The number of carbonyl (C=O) groups excluding carboxylic acids is 2. The highest BCUT2D eigenvalue weighted by Gasteiger charge is 2.26. The van der Waals surface area contributed by atoms with Crippen LogP contribution in [0.3, 0.4) is 0 Å². The van der Waals surface area contributed by atoms with Crippen LogP contribution in [0.2, 0.25) is 0 Å². The lowest BCUT2D eigenvalue weighted by molar-refractivity contribution is -0.132. The van der Waals surface area contributed by atoms with Gasteiger partial charge in [0, 0.05) is 24.0 Å². The van der Waals surface area contributed by atoms with Crippen molar-refractivity contribution in [1.82, 2.24) is 9.80 Å². The summed E-state index contributed by atoms with van der Waals surface area (Å²) in [6.45, 7) is 7.46. The molecule has 0 fully saturated rings. The van der Waals surface area contributed by atoms with Crippen LogP contribution in [0.5, 0.6) is 23.0 Å². The fraction of sp³-hybridized carbons (Fsp3) is 0.419. The van der Waals surface area contributed by atoms with E-state index in [0.29, 0.717) is 54.6 Å². The highest BCUT2D eigenvalue weighted by molar-refractivity contribution is 7.10. The minimum Gasteiger partial charge on any atom is -0.497 e. The molecule has 0 aliphatic carbocycles. The van der Waals surface area contributed by atoms with Crippen molar-refractivity contribution in [1.29, 1.82) is 0 Å². The van der Waals surface area contributed by atoms with Crippen molar-refractivity contribution in [3.05, 3.63) is 69.4 Å². The van der Waals surface area contributed by atoms with Gasteiger partial charge in [0.05, 0.1) is 40.5 Å². The van der Waals surface area contributed by atoms with Gasteiger partial charge in [-0.2, -0.15) is 0 Å². The number of hydrogen-bond donors (Lipinski definition) is 0. The molecule has 1 heterocycles. The van der Waals surface area contributed by atoms with E-state index in [1.165, 1.54) is 7.11 Å². The van der Waals surface area contributed by atoms with Crippen molar-refractivity contribution in [2.24, 2.45) is 5.92 Å². The van der Waals surface area contributed by atoms with E-state index in [9.17, 15) is 9.59 Å². The van der Waals surface area contributed by atoms with Crippen LogP contribution in [0.25, 0.3) is 0 Å². The molecule has 0 spiro atoms. The van der Waals surface area contributed by atoms with Crippen LogP contribution >= 0.6 is 11.3 Å². The molecule has 0 N–H and O–H groups in total. The Balaban J connectivity index is 1.85. The molecule has 0 atom stereocenters. The molecular weight excluding hydrogens is 528 g/mol. The number of amides is 2. The molecule has 0 bridgehead atoms. The standard InChI is InChI=1S/C31H40N2O6S/c1-21(2)18-33(31(35)25-10-9-24(36-4)17-27(25)38-6)20-30(34)32(19-29-22(3)13-15-40-29)14-12-23-8-11-26(37-5)28(16-23)39-7/h8-11,13,15-17,21H,12,14,18-20H2,1-7H3. The first-order valence-corrected chi connectivity index (χ1v) is 14.1. The molecule has 3 rings (SSSR count). The molecule has 0 aliphatic rings. The normalized spacial score (nSPS) is 10.8. The average Bonchev–Trinajstić information content (AvgIpc) is 3.37. The monoisotopic (exact) mass is 568 g/mol. The van der Waals surface area contributed by atoms with Crippen LogP contribution in [0.15, 0.2) is 47.8 Å². The third kappa shape index (κ3) is 7.91. The SMILES string of the molecule is COc1ccc(C(=O)N(CC(=O)N(CCc2ccc(OC)c(OC)c2)Cc2sccc2C)CC(C)C)c(OC)c1. The number of hydrogen-bond acceptors (Lipinski definition) is 7. The van der Waals surface area contributed by atoms with E-state index in [1.807, 2.05) is 49.3 Å². The summed E-state index contributed by atoms with van der Waals surface area (Å²) in [5.41, 5.74) is 2.56. The summed E-state index contributed by atoms with van der Waals surface area (Å²) in [5.74, 6) is 2.10. The fourth-order valence-electron chi connectivity index (χ4n) is 4.40. The van der Waals surface area contributed by atoms with E-state index < -0.39 is 0 Å². The molecule has 0 radical (unpaired) electrons. The molecule has 8 nitrogen and oxygen atoms in total. The number of ether oxygens (including phenoxy) is 4. The molecule has 216 valence electrons. The Labute approximate surface area is 241 Å². The van der Waals surface area contributed by atoms with Gasteiger partial charge in [0.25, 0.3) is 5.91 Å². The summed E-state index contributed by atoms with van der Waals surface area (Å²) in [6.07, 6.45) is 0.626. The molecule has 40 heavy (non-hydrogen) atoms. The molecule has 3 aromatic rings. The zero-order chi connectivity index (χ0) is 29.2. The smallest absolute Gasteiger partial charge is 0.258 e. The van der Waals surface area contributed by atoms with Crippen LogP contribution in [0.4, 0.5) is 0 Å². The quantitative estimate of drug-likeness (QED) is 0.257. The van der Waals surface area contributed by atoms with E-state index in [4.69, 9.17) is 18.9 Å². The lowest BCUT2D eigenvalue weighted by Crippen LogP contribution is -2.44. The van der Waals surface area contributed by atoms with Crippen molar-refractivity contribution in [3.63, 3.8) is 0 Å². The van der Waals surface area contributed by atoms with Crippen molar-refractivity contribution >= 4 is 23.2 Å². The number of thiophene rings is 1. The van der Waals surface area contributed by atoms with Crippen molar-refractivity contribution in [2.75, 3.05) is 48.1 Å². The maximum Gasteiger partial charge on any atom is 0.258 e. The van der Waals surface area contributed by atoms with Crippen molar-refractivity contribution in [2.45, 2.75) is 33.7 Å². The van der Waals surface area contributed by atoms with Crippen LogP contribution in [-0.4, -0.2) is 69.7 Å². The van der Waals surface area contributed by atoms with Gasteiger partial charge in [0.1, 0.15) is 18.0 Å². The number of nitrogens with zero attached hydrogens (tertiary/aromatic N) is 2. The molecule has 9 heteroatoms. The number of benzene rings is 2. The number of aryl methyl sites for hydroxylation is 1. The topological polar surface area (TPSA) is 77.5 Å². The van der Waals surface area contributed by atoms with Gasteiger partial charge in [-0.25, -0.2) is 0 Å². The lowest BCUT2D eigenvalue weighted by atomic mass is 10.1. The first kappa shape index (κ1) is 30.8. The molecule has 0 saturated carbocycles. The van der Waals surface area contributed by atoms with Gasteiger partial charge in [0.15, 0.2) is 11.5 Å². The second-order valence-electron chi connectivity index (χ2n) is 9.93. The highest BCUT2D eigenvalue weighted by atomic mass is 32.1. The van der Waals surface area contributed by atoms with Gasteiger partial charge < -0.3 is 28.7 Å². The Morgan fingerprint density at radius 2 is 1.57 bits per heavy atom. The third-order valence-corrected chi connectivity index (χ3v) is 7.62. The summed E-state index contributed by atoms with van der Waals surface area (Å²) < 4.78 is 21.6. The maximum atomic E-state index is 13.8. The summed E-state index contributed by atoms with van der Waals surface area (Å²) in [6, 6.07) is 12.9. The maximum absolute atomic E-state index is 13.8. The molecule has 2 amide bonds. The van der Waals surface area contributed by atoms with Gasteiger partial charge >= 0.3 is 0 Å². The number of rotatable bonds is 14. The van der Waals surface area contributed by atoms with E-state index in [1.54, 1.807) is 55.8 Å². The third-order valence-electron chi connectivity index (χ3n) is 6.61. The first-order chi connectivity index (χ1) is 19.2. The molecule has 1 aromatic heterocycles. The second-order valence-corrected chi connectivity index (χ2v) is 10.9. The number of carbonyl (C=O) groups is 2. The second kappa shape index (κ2) is 14.6. The van der Waals surface area contributed by atoms with Crippen LogP contribution in [0.1, 0.15) is 40.2 Å².